The van der Waals surface area contributed by atoms with Crippen LogP contribution in [-0.4, -0.2) is 16.3 Å². The lowest BCUT2D eigenvalue weighted by Gasteiger charge is -2.16. The Morgan fingerprint density at radius 1 is 1.26 bits per heavy atom. The van der Waals surface area contributed by atoms with Crippen molar-refractivity contribution in [3.8, 4) is 5.75 Å². The van der Waals surface area contributed by atoms with E-state index in [1.807, 2.05) is 0 Å². The summed E-state index contributed by atoms with van der Waals surface area (Å²) in [6, 6.07) is 0. The minimum Gasteiger partial charge on any atom is -0.404 e. The average Bonchev–Trinajstić information content (AvgIpc) is 2.16. The highest BCUT2D eigenvalue weighted by Crippen LogP contribution is 2.44. The summed E-state index contributed by atoms with van der Waals surface area (Å²) in [6.07, 6.45) is -10.3. The summed E-state index contributed by atoms with van der Waals surface area (Å²) in [5.74, 6) is -3.43. The fraction of sp³-hybridized carbons (Fsp3) is 0.375. The van der Waals surface area contributed by atoms with Gasteiger partial charge in [-0.1, -0.05) is 0 Å². The van der Waals surface area contributed by atoms with Gasteiger partial charge in [-0.05, 0) is 16.8 Å². The number of aryl methyl sites for hydroxylation is 1. The van der Waals surface area contributed by atoms with Crippen LogP contribution in [0.4, 0.5) is 32.2 Å². The van der Waals surface area contributed by atoms with Crippen LogP contribution in [0.2, 0.25) is 0 Å². The normalized spacial score (nSPS) is 12.4. The molecule has 0 bridgehead atoms. The highest BCUT2D eigenvalue weighted by molar-refractivity contribution is 5.50. The monoisotopic (exact) mass is 290 g/mol. The fourth-order valence-corrected chi connectivity index (χ4v) is 1.22. The van der Waals surface area contributed by atoms with E-state index in [1.54, 1.807) is 0 Å². The molecule has 1 aromatic heterocycles. The molecule has 0 spiro atoms. The van der Waals surface area contributed by atoms with Crippen molar-refractivity contribution in [2.75, 3.05) is 0 Å². The Morgan fingerprint density at radius 2 is 1.79 bits per heavy atom. The number of aromatic nitrogens is 1. The third-order valence-corrected chi connectivity index (χ3v) is 1.86. The molecule has 5 nitrogen and oxygen atoms in total. The molecule has 0 amide bonds. The molecule has 0 aliphatic heterocycles. The minimum absolute atomic E-state index is 0.494. The van der Waals surface area contributed by atoms with E-state index in [0.717, 1.165) is 6.92 Å². The van der Waals surface area contributed by atoms with Crippen LogP contribution in [0, 0.1) is 17.0 Å². The number of alkyl halides is 6. The van der Waals surface area contributed by atoms with Gasteiger partial charge >= 0.3 is 18.4 Å². The van der Waals surface area contributed by atoms with E-state index in [9.17, 15) is 36.5 Å². The zero-order chi connectivity index (χ0) is 15.0. The van der Waals surface area contributed by atoms with Crippen LogP contribution in [0.25, 0.3) is 0 Å². The Bertz CT molecular complexity index is 510. The first kappa shape index (κ1) is 15.0. The second-order valence-electron chi connectivity index (χ2n) is 3.27. The van der Waals surface area contributed by atoms with E-state index in [0.29, 0.717) is 6.20 Å². The largest absolute Gasteiger partial charge is 0.573 e. The van der Waals surface area contributed by atoms with Crippen LogP contribution >= 0.6 is 0 Å². The van der Waals surface area contributed by atoms with Crippen molar-refractivity contribution >= 4 is 5.82 Å². The maximum atomic E-state index is 12.6. The van der Waals surface area contributed by atoms with Crippen LogP contribution in [0.3, 0.4) is 0 Å². The molecule has 1 heterocycles. The van der Waals surface area contributed by atoms with Gasteiger partial charge in [-0.3, -0.25) is 0 Å². The molecule has 0 radical (unpaired) electrons. The molecule has 0 saturated heterocycles. The van der Waals surface area contributed by atoms with Crippen LogP contribution in [0.1, 0.15) is 11.1 Å². The molecule has 0 unspecified atom stereocenters. The Balaban J connectivity index is 3.59. The molecule has 19 heavy (non-hydrogen) atoms. The second-order valence-corrected chi connectivity index (χ2v) is 3.27. The fourth-order valence-electron chi connectivity index (χ4n) is 1.22. The molecule has 106 valence electrons. The van der Waals surface area contributed by atoms with Gasteiger partial charge in [-0.15, -0.1) is 13.2 Å². The van der Waals surface area contributed by atoms with Gasteiger partial charge in [0.05, 0.1) is 0 Å². The van der Waals surface area contributed by atoms with E-state index in [2.05, 4.69) is 9.72 Å². The van der Waals surface area contributed by atoms with Gasteiger partial charge < -0.3 is 14.9 Å². The van der Waals surface area contributed by atoms with Gasteiger partial charge in [0.15, 0.2) is 11.3 Å². The third kappa shape index (κ3) is 3.45. The summed E-state index contributed by atoms with van der Waals surface area (Å²) in [5, 5.41) is 10.4. The van der Waals surface area contributed by atoms with Gasteiger partial charge in [0.1, 0.15) is 6.20 Å². The molecule has 0 saturated carbocycles. The predicted molar refractivity (Wildman–Crippen MR) is 47.3 cm³/mol. The lowest BCUT2D eigenvalue weighted by atomic mass is 10.1. The lowest BCUT2D eigenvalue weighted by Crippen LogP contribution is -2.22. The highest BCUT2D eigenvalue weighted by atomic mass is 19.4. The number of pyridine rings is 1. The number of nitro groups is 1. The molecular formula is C8H4F6N2O3. The van der Waals surface area contributed by atoms with Gasteiger partial charge in [0, 0.05) is 5.56 Å². The predicted octanol–water partition coefficient (Wildman–Crippen LogP) is 3.22. The quantitative estimate of drug-likeness (QED) is 0.476. The van der Waals surface area contributed by atoms with Gasteiger partial charge in [0.25, 0.3) is 0 Å². The number of hydrogen-bond donors (Lipinski definition) is 0. The smallest absolute Gasteiger partial charge is 0.404 e. The first-order valence-electron chi connectivity index (χ1n) is 4.40. The molecule has 11 heteroatoms. The molecule has 0 atom stereocenters. The van der Waals surface area contributed by atoms with Gasteiger partial charge in [-0.25, -0.2) is 0 Å². The maximum absolute atomic E-state index is 12.6. The van der Waals surface area contributed by atoms with Gasteiger partial charge in [0.2, 0.25) is 0 Å². The van der Waals surface area contributed by atoms with E-state index >= 15 is 0 Å². The number of ether oxygens (including phenoxy) is 1. The molecule has 1 aromatic rings. The number of nitrogens with zero attached hydrogens (tertiary/aromatic N) is 2. The first-order valence-corrected chi connectivity index (χ1v) is 4.40. The average molecular weight is 290 g/mol. The van der Waals surface area contributed by atoms with Crippen LogP contribution in [0.15, 0.2) is 6.20 Å². The number of halogens is 6. The van der Waals surface area contributed by atoms with Crippen molar-refractivity contribution in [3.63, 3.8) is 0 Å². The summed E-state index contributed by atoms with van der Waals surface area (Å²) in [4.78, 5) is 11.7. The van der Waals surface area contributed by atoms with Crippen molar-refractivity contribution < 1.29 is 36.0 Å². The Morgan fingerprint density at radius 3 is 2.16 bits per heavy atom. The molecule has 1 rings (SSSR count). The summed E-state index contributed by atoms with van der Waals surface area (Å²) in [7, 11) is 0. The maximum Gasteiger partial charge on any atom is 0.573 e. The molecule has 0 N–H and O–H groups in total. The zero-order valence-electron chi connectivity index (χ0n) is 8.96. The van der Waals surface area contributed by atoms with Crippen molar-refractivity contribution in [2.24, 2.45) is 0 Å². The van der Waals surface area contributed by atoms with Crippen LogP contribution in [0.5, 0.6) is 5.75 Å². The van der Waals surface area contributed by atoms with Crippen LogP contribution in [-0.2, 0) is 6.18 Å². The third-order valence-electron chi connectivity index (χ3n) is 1.86. The lowest BCUT2D eigenvalue weighted by molar-refractivity contribution is -0.393. The standard InChI is InChI=1S/C8H4F6N2O3/c1-3-2-15-6(16(17)18)4(7(9,10)11)5(3)19-8(12,13)14/h2H,1H3. The molecular weight excluding hydrogens is 286 g/mol. The number of hydrogen-bond acceptors (Lipinski definition) is 4. The van der Waals surface area contributed by atoms with Gasteiger partial charge in [-0.2, -0.15) is 13.2 Å². The highest BCUT2D eigenvalue weighted by Gasteiger charge is 2.46. The van der Waals surface area contributed by atoms with E-state index in [1.165, 1.54) is 0 Å². The second kappa shape index (κ2) is 4.55. The van der Waals surface area contributed by atoms with Crippen molar-refractivity contribution in [1.29, 1.82) is 0 Å². The number of rotatable bonds is 2. The molecule has 0 fully saturated rings. The molecule has 0 aliphatic rings. The van der Waals surface area contributed by atoms with E-state index in [4.69, 9.17) is 0 Å². The Kier molecular flexibility index (Phi) is 3.59. The Hall–Kier alpha value is -2.07. The van der Waals surface area contributed by atoms with Crippen molar-refractivity contribution in [1.82, 2.24) is 4.98 Å². The van der Waals surface area contributed by atoms with Crippen molar-refractivity contribution in [2.45, 2.75) is 19.5 Å². The Labute approximate surface area is 101 Å². The summed E-state index contributed by atoms with van der Waals surface area (Å²) < 4.78 is 77.2. The summed E-state index contributed by atoms with van der Waals surface area (Å²) in [5.41, 5.74) is -2.80. The summed E-state index contributed by atoms with van der Waals surface area (Å²) in [6.45, 7) is 0.854. The first-order chi connectivity index (χ1) is 8.43. The molecule has 0 aromatic carbocycles. The van der Waals surface area contributed by atoms with E-state index < -0.39 is 40.2 Å². The minimum atomic E-state index is -5.42. The van der Waals surface area contributed by atoms with Crippen molar-refractivity contribution in [3.05, 3.63) is 27.4 Å². The SMILES string of the molecule is Cc1cnc([N+](=O)[O-])c(C(F)(F)F)c1OC(F)(F)F. The summed E-state index contributed by atoms with van der Waals surface area (Å²) >= 11 is 0. The topological polar surface area (TPSA) is 65.3 Å². The van der Waals surface area contributed by atoms with E-state index in [-0.39, 0.29) is 0 Å². The molecule has 0 aliphatic carbocycles. The zero-order valence-corrected chi connectivity index (χ0v) is 8.96. The van der Waals surface area contributed by atoms with Crippen LogP contribution < -0.4 is 4.74 Å².